The van der Waals surface area contributed by atoms with E-state index in [1.807, 2.05) is 0 Å². The molecule has 0 bridgehead atoms. The van der Waals surface area contributed by atoms with Crippen LogP contribution in [0.15, 0.2) is 18.2 Å². The maximum Gasteiger partial charge on any atom is 0.408 e. The highest BCUT2D eigenvalue weighted by atomic mass is 16.6. The van der Waals surface area contributed by atoms with Gasteiger partial charge in [0.1, 0.15) is 23.4 Å². The monoisotopic (exact) mass is 547 g/mol. The Morgan fingerprint density at radius 1 is 1.08 bits per heavy atom. The number of aliphatic hydroxyl groups excluding tert-OH is 1. The van der Waals surface area contributed by atoms with E-state index in [0.717, 1.165) is 57.8 Å². The van der Waals surface area contributed by atoms with E-state index in [1.54, 1.807) is 39.8 Å². The molecule has 0 heterocycles. The summed E-state index contributed by atoms with van der Waals surface area (Å²) < 4.78 is 5.31. The molecule has 4 N–H and O–H groups in total. The van der Waals surface area contributed by atoms with Crippen molar-refractivity contribution in [2.24, 2.45) is 0 Å². The van der Waals surface area contributed by atoms with Crippen LogP contribution in [0.2, 0.25) is 0 Å². The number of nitrogens with zero attached hydrogens (tertiary/aromatic N) is 1. The lowest BCUT2D eigenvalue weighted by Gasteiger charge is -2.35. The number of aryl methyl sites for hydroxylation is 1. The van der Waals surface area contributed by atoms with Gasteiger partial charge in [-0.2, -0.15) is 0 Å². The molecule has 220 valence electrons. The van der Waals surface area contributed by atoms with Crippen molar-refractivity contribution in [2.45, 2.75) is 123 Å². The van der Waals surface area contributed by atoms with Crippen molar-refractivity contribution >= 4 is 17.9 Å². The molecule has 2 rings (SSSR count). The number of phenolic OH excluding ortho intramolecular Hbond substituents is 1. The highest BCUT2D eigenvalue weighted by Crippen LogP contribution is 2.29. The predicted molar refractivity (Wildman–Crippen MR) is 151 cm³/mol. The maximum absolute atomic E-state index is 13.9. The summed E-state index contributed by atoms with van der Waals surface area (Å²) in [6.45, 7) is 8.64. The van der Waals surface area contributed by atoms with Crippen LogP contribution in [0.3, 0.4) is 0 Å². The zero-order valence-electron chi connectivity index (χ0n) is 24.4. The largest absolute Gasteiger partial charge is 0.508 e. The second kappa shape index (κ2) is 15.7. The SMILES string of the molecule is CCCCCCCN(C(=O)C(CO)NC(=O)OC(C)(C)C)C(C(=O)NC1CCCCC1)c1ccc(O)c(C)c1. The Bertz CT molecular complexity index is 939. The molecule has 9 nitrogen and oxygen atoms in total. The lowest BCUT2D eigenvalue weighted by molar-refractivity contribution is -0.143. The van der Waals surface area contributed by atoms with Crippen molar-refractivity contribution < 1.29 is 29.3 Å². The van der Waals surface area contributed by atoms with Crippen LogP contribution in [0.25, 0.3) is 0 Å². The number of carbonyl (C=O) groups is 3. The van der Waals surface area contributed by atoms with E-state index in [0.29, 0.717) is 17.5 Å². The van der Waals surface area contributed by atoms with Gasteiger partial charge in [0, 0.05) is 12.6 Å². The molecule has 1 saturated carbocycles. The van der Waals surface area contributed by atoms with Gasteiger partial charge in [0.25, 0.3) is 0 Å². The second-order valence-electron chi connectivity index (χ2n) is 11.6. The number of amides is 3. The molecule has 0 saturated heterocycles. The Morgan fingerprint density at radius 3 is 2.33 bits per heavy atom. The van der Waals surface area contributed by atoms with E-state index in [2.05, 4.69) is 17.6 Å². The van der Waals surface area contributed by atoms with E-state index >= 15 is 0 Å². The van der Waals surface area contributed by atoms with Crippen LogP contribution in [-0.4, -0.2) is 63.9 Å². The van der Waals surface area contributed by atoms with E-state index in [4.69, 9.17) is 4.74 Å². The van der Waals surface area contributed by atoms with Gasteiger partial charge in [0.15, 0.2) is 0 Å². The zero-order valence-corrected chi connectivity index (χ0v) is 24.4. The average Bonchev–Trinajstić information content (AvgIpc) is 2.87. The van der Waals surface area contributed by atoms with Crippen molar-refractivity contribution in [2.75, 3.05) is 13.2 Å². The number of nitrogens with one attached hydrogen (secondary N) is 2. The van der Waals surface area contributed by atoms with Gasteiger partial charge in [0.05, 0.1) is 6.61 Å². The summed E-state index contributed by atoms with van der Waals surface area (Å²) in [5.41, 5.74) is 0.372. The van der Waals surface area contributed by atoms with Crippen LogP contribution in [0.4, 0.5) is 4.79 Å². The number of carbonyl (C=O) groups excluding carboxylic acids is 3. The second-order valence-corrected chi connectivity index (χ2v) is 11.6. The van der Waals surface area contributed by atoms with Crippen molar-refractivity contribution in [1.82, 2.24) is 15.5 Å². The number of hydrogen-bond donors (Lipinski definition) is 4. The van der Waals surface area contributed by atoms with Crippen molar-refractivity contribution in [3.05, 3.63) is 29.3 Å². The highest BCUT2D eigenvalue weighted by molar-refractivity contribution is 5.92. The molecule has 1 aromatic carbocycles. The molecule has 3 amide bonds. The molecule has 1 aliphatic carbocycles. The highest BCUT2D eigenvalue weighted by Gasteiger charge is 2.37. The molecule has 1 aromatic rings. The van der Waals surface area contributed by atoms with Crippen molar-refractivity contribution in [1.29, 1.82) is 0 Å². The third-order valence-corrected chi connectivity index (χ3v) is 7.01. The Morgan fingerprint density at radius 2 is 1.74 bits per heavy atom. The Balaban J connectivity index is 2.42. The molecule has 2 unspecified atom stereocenters. The van der Waals surface area contributed by atoms with Crippen LogP contribution in [0.1, 0.15) is 109 Å². The van der Waals surface area contributed by atoms with E-state index in [9.17, 15) is 24.6 Å². The molecule has 0 radical (unpaired) electrons. The summed E-state index contributed by atoms with van der Waals surface area (Å²) in [7, 11) is 0. The van der Waals surface area contributed by atoms with Gasteiger partial charge >= 0.3 is 6.09 Å². The summed E-state index contributed by atoms with van der Waals surface area (Å²) in [4.78, 5) is 41.7. The molecule has 0 spiro atoms. The summed E-state index contributed by atoms with van der Waals surface area (Å²) in [6, 6.07) is 2.66. The summed E-state index contributed by atoms with van der Waals surface area (Å²) in [5.74, 6) is -0.765. The fourth-order valence-electron chi connectivity index (χ4n) is 4.94. The number of benzene rings is 1. The van der Waals surface area contributed by atoms with E-state index in [1.165, 1.54) is 11.0 Å². The van der Waals surface area contributed by atoms with Crippen LogP contribution in [0, 0.1) is 6.92 Å². The van der Waals surface area contributed by atoms with Gasteiger partial charge in [-0.05, 0) is 70.2 Å². The fourth-order valence-corrected chi connectivity index (χ4v) is 4.94. The first-order valence-electron chi connectivity index (χ1n) is 14.5. The number of aromatic hydroxyl groups is 1. The van der Waals surface area contributed by atoms with Gasteiger partial charge in [-0.15, -0.1) is 0 Å². The fraction of sp³-hybridized carbons (Fsp3) is 0.700. The molecule has 1 fully saturated rings. The standard InChI is InChI=1S/C30H49N3O6/c1-6-7-8-9-13-18-33(28(37)24(20-34)32-29(38)39-30(3,4)5)26(22-16-17-25(35)21(2)19-22)27(36)31-23-14-11-10-12-15-23/h16-17,19,23-24,26,34-35H,6-15,18,20H2,1-5H3,(H,31,36)(H,32,38). The predicted octanol–water partition coefficient (Wildman–Crippen LogP) is 4.88. The van der Waals surface area contributed by atoms with Crippen molar-refractivity contribution in [3.8, 4) is 5.75 Å². The van der Waals surface area contributed by atoms with Gasteiger partial charge in [-0.1, -0.05) is 57.9 Å². The minimum Gasteiger partial charge on any atom is -0.508 e. The minimum absolute atomic E-state index is 0.0296. The third-order valence-electron chi connectivity index (χ3n) is 7.01. The summed E-state index contributed by atoms with van der Waals surface area (Å²) in [6.07, 6.45) is 8.90. The van der Waals surface area contributed by atoms with Crippen LogP contribution < -0.4 is 10.6 Å². The van der Waals surface area contributed by atoms with Crippen LogP contribution >= 0.6 is 0 Å². The normalized spacial score (nSPS) is 15.7. The van der Waals surface area contributed by atoms with Gasteiger partial charge in [0.2, 0.25) is 11.8 Å². The Hall–Kier alpha value is -2.81. The van der Waals surface area contributed by atoms with Crippen molar-refractivity contribution in [3.63, 3.8) is 0 Å². The minimum atomic E-state index is -1.28. The molecule has 2 atom stereocenters. The van der Waals surface area contributed by atoms with Crippen LogP contribution in [0.5, 0.6) is 5.75 Å². The Labute approximate surface area is 233 Å². The first-order chi connectivity index (χ1) is 18.5. The average molecular weight is 548 g/mol. The third kappa shape index (κ3) is 10.7. The van der Waals surface area contributed by atoms with Gasteiger partial charge in [-0.3, -0.25) is 9.59 Å². The maximum atomic E-state index is 13.9. The lowest BCUT2D eigenvalue weighted by atomic mass is 9.94. The number of hydrogen-bond acceptors (Lipinski definition) is 6. The number of alkyl carbamates (subject to hydrolysis) is 1. The van der Waals surface area contributed by atoms with E-state index < -0.39 is 36.3 Å². The molecule has 0 aliphatic heterocycles. The number of ether oxygens (including phenoxy) is 1. The summed E-state index contributed by atoms with van der Waals surface area (Å²) >= 11 is 0. The van der Waals surface area contributed by atoms with Gasteiger partial charge in [-0.25, -0.2) is 4.79 Å². The molecular formula is C30H49N3O6. The van der Waals surface area contributed by atoms with Crippen LogP contribution in [-0.2, 0) is 14.3 Å². The smallest absolute Gasteiger partial charge is 0.408 e. The zero-order chi connectivity index (χ0) is 29.0. The molecular weight excluding hydrogens is 498 g/mol. The number of phenols is 1. The quantitative estimate of drug-likeness (QED) is 0.261. The molecule has 0 aromatic heterocycles. The topological polar surface area (TPSA) is 128 Å². The van der Waals surface area contributed by atoms with Gasteiger partial charge < -0.3 is 30.5 Å². The molecule has 9 heteroatoms. The first kappa shape index (κ1) is 32.4. The number of aliphatic hydroxyl groups is 1. The molecule has 39 heavy (non-hydrogen) atoms. The number of unbranched alkanes of at least 4 members (excludes halogenated alkanes) is 4. The van der Waals surface area contributed by atoms with E-state index in [-0.39, 0.29) is 24.2 Å². The Kier molecular flexibility index (Phi) is 13.0. The molecule has 1 aliphatic rings. The number of rotatable bonds is 13. The first-order valence-corrected chi connectivity index (χ1v) is 14.5. The summed E-state index contributed by atoms with van der Waals surface area (Å²) in [5, 5.41) is 25.9. The lowest BCUT2D eigenvalue weighted by Crippen LogP contribution is -2.55.